The van der Waals surface area contributed by atoms with Crippen LogP contribution in [0.1, 0.15) is 74.7 Å². The summed E-state index contributed by atoms with van der Waals surface area (Å²) in [5.41, 5.74) is 0.144. The molecule has 3 heterocycles. The molecule has 2 aliphatic rings. The predicted molar refractivity (Wildman–Crippen MR) is 162 cm³/mol. The van der Waals surface area contributed by atoms with Crippen molar-refractivity contribution in [2.24, 2.45) is 11.3 Å². The van der Waals surface area contributed by atoms with Gasteiger partial charge in [-0.15, -0.1) is 5.10 Å². The molecule has 1 aliphatic carbocycles. The number of amides is 1. The molecule has 1 atom stereocenters. The first-order chi connectivity index (χ1) is 20.4. The number of pyridine rings is 1. The number of ether oxygens (including phenoxy) is 1. The van der Waals surface area contributed by atoms with Gasteiger partial charge in [-0.1, -0.05) is 30.2 Å². The van der Waals surface area contributed by atoms with E-state index in [0.717, 1.165) is 30.2 Å². The lowest BCUT2D eigenvalue weighted by Crippen LogP contribution is -2.31. The smallest absolute Gasteiger partial charge is 0.394 e. The van der Waals surface area contributed by atoms with Crippen LogP contribution in [0.5, 0.6) is 5.88 Å². The zero-order valence-corrected chi connectivity index (χ0v) is 25.9. The highest BCUT2D eigenvalue weighted by Gasteiger charge is 2.62. The fourth-order valence-corrected chi connectivity index (χ4v) is 6.38. The second kappa shape index (κ2) is 13.1. The van der Waals surface area contributed by atoms with E-state index in [1.54, 1.807) is 24.4 Å². The number of hydrogen-bond acceptors (Lipinski definition) is 6. The molecule has 0 bridgehead atoms. The predicted octanol–water partition coefficient (Wildman–Crippen LogP) is 7.57. The number of hydrogen-bond donors (Lipinski definition) is 2. The summed E-state index contributed by atoms with van der Waals surface area (Å²) in [5, 5.41) is 7.81. The van der Waals surface area contributed by atoms with E-state index < -0.39 is 11.6 Å². The van der Waals surface area contributed by atoms with Crippen LogP contribution >= 0.6 is 23.5 Å². The Balaban J connectivity index is 1.05. The first-order valence-electron chi connectivity index (χ1n) is 14.7. The Hall–Kier alpha value is -2.76. The van der Waals surface area contributed by atoms with Crippen molar-refractivity contribution in [3.8, 4) is 11.7 Å². The number of rotatable bonds is 13. The van der Waals surface area contributed by atoms with Crippen molar-refractivity contribution in [1.82, 2.24) is 24.8 Å². The Morgan fingerprint density at radius 1 is 1.16 bits per heavy atom. The van der Waals surface area contributed by atoms with Crippen LogP contribution in [0.15, 0.2) is 53.6 Å². The van der Waals surface area contributed by atoms with E-state index in [9.17, 15) is 18.0 Å². The van der Waals surface area contributed by atoms with Crippen molar-refractivity contribution in [3.63, 3.8) is 0 Å². The monoisotopic (exact) mass is 635 g/mol. The van der Waals surface area contributed by atoms with Crippen LogP contribution in [0, 0.1) is 11.3 Å². The van der Waals surface area contributed by atoms with Gasteiger partial charge in [-0.05, 0) is 113 Å². The summed E-state index contributed by atoms with van der Waals surface area (Å²) >= 11 is 7.53. The van der Waals surface area contributed by atoms with E-state index in [0.29, 0.717) is 5.82 Å². The summed E-state index contributed by atoms with van der Waals surface area (Å²) in [7, 11) is 0. The maximum absolute atomic E-state index is 13.1. The number of aryl methyl sites for hydroxylation is 1. The molecule has 12 heteroatoms. The number of carbonyl (C=O) groups excluding carboxylic acids is 1. The Morgan fingerprint density at radius 2 is 1.93 bits per heavy atom. The van der Waals surface area contributed by atoms with E-state index >= 15 is 0 Å². The maximum atomic E-state index is 13.1. The molecule has 2 N–H and O–H groups in total. The zero-order valence-electron chi connectivity index (χ0n) is 24.3. The van der Waals surface area contributed by atoms with E-state index in [2.05, 4.69) is 46.1 Å². The molecule has 232 valence electrons. The average molecular weight is 636 g/mol. The summed E-state index contributed by atoms with van der Waals surface area (Å²) in [6.07, 6.45) is 3.47. The normalized spacial score (nSPS) is 18.9. The van der Waals surface area contributed by atoms with Gasteiger partial charge >= 0.3 is 6.18 Å². The van der Waals surface area contributed by atoms with Crippen LogP contribution in [-0.4, -0.2) is 45.5 Å². The molecule has 43 heavy (non-hydrogen) atoms. The number of halogens is 4. The minimum Gasteiger partial charge on any atom is -0.477 e. The first-order valence-corrected chi connectivity index (χ1v) is 15.9. The third-order valence-electron chi connectivity index (χ3n) is 8.34. The second-order valence-electron chi connectivity index (χ2n) is 12.2. The fourth-order valence-electron chi connectivity index (χ4n) is 5.55. The van der Waals surface area contributed by atoms with Gasteiger partial charge in [0.1, 0.15) is 5.15 Å². The second-order valence-corrected chi connectivity index (χ2v) is 13.5. The minimum absolute atomic E-state index is 0.00159. The molecule has 2 aromatic heterocycles. The van der Waals surface area contributed by atoms with E-state index in [1.165, 1.54) is 41.5 Å². The van der Waals surface area contributed by atoms with Crippen molar-refractivity contribution in [1.29, 1.82) is 0 Å². The first kappa shape index (κ1) is 31.7. The summed E-state index contributed by atoms with van der Waals surface area (Å²) in [6, 6.07) is 12.9. The molecule has 1 aromatic carbocycles. The third kappa shape index (κ3) is 8.25. The molecule has 5 rings (SSSR count). The number of benzene rings is 1. The van der Waals surface area contributed by atoms with E-state index in [1.807, 2.05) is 12.1 Å². The molecule has 1 saturated carbocycles. The van der Waals surface area contributed by atoms with Gasteiger partial charge in [0, 0.05) is 22.7 Å². The molecule has 7 nitrogen and oxygen atoms in total. The Bertz CT molecular complexity index is 1410. The van der Waals surface area contributed by atoms with Crippen LogP contribution in [-0.2, 0) is 6.42 Å². The highest BCUT2D eigenvalue weighted by Crippen LogP contribution is 2.59. The van der Waals surface area contributed by atoms with Crippen molar-refractivity contribution in [2.45, 2.75) is 81.8 Å². The maximum Gasteiger partial charge on any atom is 0.394 e. The lowest BCUT2D eigenvalue weighted by Gasteiger charge is -2.18. The molecule has 0 radical (unpaired) electrons. The molecule has 1 amide bonds. The molecule has 1 unspecified atom stereocenters. The number of alkyl halides is 3. The number of nitrogens with zero attached hydrogens (tertiary/aromatic N) is 3. The van der Waals surface area contributed by atoms with Gasteiger partial charge in [-0.3, -0.25) is 9.52 Å². The van der Waals surface area contributed by atoms with Crippen LogP contribution < -0.4 is 14.8 Å². The van der Waals surface area contributed by atoms with Gasteiger partial charge in [0.05, 0.1) is 17.6 Å². The third-order valence-corrected chi connectivity index (χ3v) is 9.43. The number of unbranched alkanes of at least 4 members (excludes halogenated alkanes) is 1. The molecule has 3 aromatic rings. The Morgan fingerprint density at radius 3 is 2.58 bits per heavy atom. The van der Waals surface area contributed by atoms with Gasteiger partial charge in [-0.25, -0.2) is 9.67 Å². The van der Waals surface area contributed by atoms with Crippen LogP contribution in [0.2, 0.25) is 5.15 Å². The number of nitrogens with one attached hydrogen (secondary N) is 2. The van der Waals surface area contributed by atoms with Crippen LogP contribution in [0.3, 0.4) is 0 Å². The highest BCUT2D eigenvalue weighted by atomic mass is 35.5. The van der Waals surface area contributed by atoms with Crippen molar-refractivity contribution in [3.05, 3.63) is 64.9 Å². The van der Waals surface area contributed by atoms with Gasteiger partial charge in [0.25, 0.3) is 5.91 Å². The summed E-state index contributed by atoms with van der Waals surface area (Å²) < 4.78 is 48.9. The lowest BCUT2D eigenvalue weighted by molar-refractivity contribution is -0.190. The van der Waals surface area contributed by atoms with Crippen LogP contribution in [0.25, 0.3) is 5.82 Å². The minimum atomic E-state index is -4.21. The van der Waals surface area contributed by atoms with Gasteiger partial charge < -0.3 is 10.1 Å². The summed E-state index contributed by atoms with van der Waals surface area (Å²) in [4.78, 5) is 17.9. The summed E-state index contributed by atoms with van der Waals surface area (Å²) in [6.45, 7) is 5.58. The van der Waals surface area contributed by atoms with E-state index in [-0.39, 0.29) is 53.9 Å². The van der Waals surface area contributed by atoms with Crippen LogP contribution in [0.4, 0.5) is 13.2 Å². The van der Waals surface area contributed by atoms with E-state index in [4.69, 9.17) is 16.3 Å². The molecule has 0 spiro atoms. The number of carbonyl (C=O) groups is 1. The SMILES string of the molecule is CC1(C)CC(CCCCc2ccc(SNC(=O)c3ccc(-n4ccc(OCCC5(C(F)(F)F)CC5)n4)nc3Cl)cc2)CN1. The van der Waals surface area contributed by atoms with Gasteiger partial charge in [0.15, 0.2) is 5.82 Å². The largest absolute Gasteiger partial charge is 0.477 e. The topological polar surface area (TPSA) is 81.1 Å². The van der Waals surface area contributed by atoms with Gasteiger partial charge in [0.2, 0.25) is 5.88 Å². The quantitative estimate of drug-likeness (QED) is 0.115. The molecular formula is C31H37ClF3N5O2S. The van der Waals surface area contributed by atoms with Crippen molar-refractivity contribution >= 4 is 29.5 Å². The van der Waals surface area contributed by atoms with Gasteiger partial charge in [-0.2, -0.15) is 13.2 Å². The van der Waals surface area contributed by atoms with Crippen molar-refractivity contribution in [2.75, 3.05) is 13.2 Å². The number of aromatic nitrogens is 3. The molecule has 1 aliphatic heterocycles. The summed E-state index contributed by atoms with van der Waals surface area (Å²) in [5.74, 6) is 0.923. The Labute approximate surface area is 259 Å². The highest BCUT2D eigenvalue weighted by molar-refractivity contribution is 7.98. The molecular weight excluding hydrogens is 599 g/mol. The molecule has 1 saturated heterocycles. The fraction of sp³-hybridized carbons (Fsp3) is 0.516. The molecule has 2 fully saturated rings. The Kier molecular flexibility index (Phi) is 9.63. The van der Waals surface area contributed by atoms with Crippen molar-refractivity contribution < 1.29 is 22.7 Å². The standard InChI is InChI=1S/C31H37ClF3N5O2S/c1-29(2)19-22(20-36-29)6-4-3-5-21-7-9-23(10-8-21)43-39-28(41)24-11-12-25(37-27(24)32)40-17-13-26(38-40)42-18-16-30(14-15-30)31(33,34)35/h7-13,17,22,36H,3-6,14-16,18-20H2,1-2H3,(H,39,41). The zero-order chi connectivity index (χ0) is 30.7. The average Bonchev–Trinajstić information content (AvgIpc) is 3.48. The lowest BCUT2D eigenvalue weighted by atomic mass is 9.92.